The van der Waals surface area contributed by atoms with E-state index in [0.29, 0.717) is 0 Å². The Morgan fingerprint density at radius 2 is 1.75 bits per heavy atom. The highest BCUT2D eigenvalue weighted by atomic mass is 32.2. The molecular weight excluding hydrogens is 562 g/mol. The number of carbonyl (C=O) groups is 1. The van der Waals surface area contributed by atoms with Crippen LogP contribution in [0.3, 0.4) is 0 Å². The summed E-state index contributed by atoms with van der Waals surface area (Å²) in [6.07, 6.45) is -0.175. The molecule has 1 amide bonds. The van der Waals surface area contributed by atoms with Gasteiger partial charge in [-0.05, 0) is 36.1 Å². The molecule has 0 spiro atoms. The second-order valence-electron chi connectivity index (χ2n) is 9.69. The number of phenolic OH excluding ortho intramolecular Hbond substituents is 1. The van der Waals surface area contributed by atoms with Gasteiger partial charge >= 0.3 is 6.09 Å². The number of anilines is 1. The molecule has 1 heterocycles. The number of carboxylic acid groups (broad SMARTS) is 1. The lowest BCUT2D eigenvalue weighted by Crippen LogP contribution is -2.50. The summed E-state index contributed by atoms with van der Waals surface area (Å²) < 4.78 is 57.4. The zero-order valence-corrected chi connectivity index (χ0v) is 23.8. The highest BCUT2D eigenvalue weighted by Gasteiger charge is 2.32. The van der Waals surface area contributed by atoms with Crippen LogP contribution in [0.4, 0.5) is 10.5 Å². The molecule has 1 aromatic heterocycles. The van der Waals surface area contributed by atoms with E-state index in [-0.39, 0.29) is 34.5 Å². The van der Waals surface area contributed by atoms with Gasteiger partial charge in [-0.1, -0.05) is 44.2 Å². The van der Waals surface area contributed by atoms with Crippen molar-refractivity contribution in [1.82, 2.24) is 19.2 Å². The number of amides is 1. The fourth-order valence-electron chi connectivity index (χ4n) is 3.95. The molecule has 0 unspecified atom stereocenters. The maximum absolute atomic E-state index is 13.7. The van der Waals surface area contributed by atoms with Gasteiger partial charge in [-0.25, -0.2) is 18.2 Å². The third-order valence-corrected chi connectivity index (χ3v) is 8.92. The quantitative estimate of drug-likeness (QED) is 0.183. The van der Waals surface area contributed by atoms with E-state index in [1.165, 1.54) is 17.1 Å². The van der Waals surface area contributed by atoms with Crippen LogP contribution >= 0.6 is 0 Å². The van der Waals surface area contributed by atoms with Crippen LogP contribution < -0.4 is 10.0 Å². The number of benzene rings is 2. The predicted molar refractivity (Wildman–Crippen MR) is 147 cm³/mol. The van der Waals surface area contributed by atoms with E-state index in [1.807, 2.05) is 0 Å². The highest BCUT2D eigenvalue weighted by molar-refractivity contribution is 7.92. The molecule has 40 heavy (non-hydrogen) atoms. The van der Waals surface area contributed by atoms with Crippen LogP contribution in [0.5, 0.6) is 5.75 Å². The van der Waals surface area contributed by atoms with Crippen molar-refractivity contribution in [2.45, 2.75) is 42.3 Å². The number of rotatable bonds is 13. The average molecular weight is 596 g/mol. The van der Waals surface area contributed by atoms with Crippen LogP contribution in [0.2, 0.25) is 0 Å². The SMILES string of the molecule is CC(C)CN(C[C@@H](O)[C@H](Cc1ccccc1)NC(=O)O)S(=O)(=O)c1ccc(O)c(NS(=O)(=O)c2cn(C)cn2)c1. The first-order valence-electron chi connectivity index (χ1n) is 12.2. The molecule has 2 aromatic carbocycles. The van der Waals surface area contributed by atoms with Crippen LogP contribution in [-0.2, 0) is 33.5 Å². The molecule has 0 saturated heterocycles. The Morgan fingerprint density at radius 3 is 2.33 bits per heavy atom. The van der Waals surface area contributed by atoms with E-state index in [1.54, 1.807) is 51.2 Å². The van der Waals surface area contributed by atoms with Crippen molar-refractivity contribution in [1.29, 1.82) is 0 Å². The summed E-state index contributed by atoms with van der Waals surface area (Å²) in [5, 5.41) is 32.6. The van der Waals surface area contributed by atoms with E-state index in [4.69, 9.17) is 0 Å². The molecule has 218 valence electrons. The van der Waals surface area contributed by atoms with Crippen molar-refractivity contribution >= 4 is 31.8 Å². The second-order valence-corrected chi connectivity index (χ2v) is 13.3. The molecule has 0 radical (unpaired) electrons. The fraction of sp³-hybridized carbons (Fsp3) is 0.360. The smallest absolute Gasteiger partial charge is 0.404 e. The van der Waals surface area contributed by atoms with Crippen LogP contribution in [0, 0.1) is 5.92 Å². The number of aryl methyl sites for hydroxylation is 1. The lowest BCUT2D eigenvalue weighted by molar-refractivity contribution is 0.0980. The Bertz CT molecular complexity index is 1530. The van der Waals surface area contributed by atoms with Crippen LogP contribution in [-0.4, -0.2) is 77.3 Å². The molecule has 3 aromatic rings. The maximum atomic E-state index is 13.7. The standard InChI is InChI=1S/C25H33N5O8S2/c1-17(2)13-30(14-23(32)20(27-25(33)34)11-18-7-5-4-6-8-18)40(37,38)19-9-10-22(31)21(12-19)28-39(35,36)24-15-29(3)16-26-24/h4-10,12,15-17,20,23,27-28,31-32H,11,13-14H2,1-3H3,(H,33,34)/t20-,23+/m0/s1. The predicted octanol–water partition coefficient (Wildman–Crippen LogP) is 1.81. The fourth-order valence-corrected chi connectivity index (χ4v) is 6.65. The normalized spacial score (nSPS) is 13.8. The minimum Gasteiger partial charge on any atom is -0.506 e. The Kier molecular flexibility index (Phi) is 9.78. The lowest BCUT2D eigenvalue weighted by atomic mass is 10.0. The molecule has 0 aliphatic heterocycles. The molecule has 3 rings (SSSR count). The molecule has 0 aliphatic carbocycles. The van der Waals surface area contributed by atoms with E-state index < -0.39 is 50.6 Å². The van der Waals surface area contributed by atoms with E-state index in [9.17, 15) is 36.9 Å². The molecule has 0 saturated carbocycles. The summed E-state index contributed by atoms with van der Waals surface area (Å²) in [6, 6.07) is 10.9. The van der Waals surface area contributed by atoms with Gasteiger partial charge in [0.15, 0.2) is 5.03 Å². The number of aromatic nitrogens is 2. The minimum absolute atomic E-state index is 0.0274. The van der Waals surface area contributed by atoms with Gasteiger partial charge in [-0.3, -0.25) is 4.72 Å². The van der Waals surface area contributed by atoms with E-state index >= 15 is 0 Å². The summed E-state index contributed by atoms with van der Waals surface area (Å²) in [4.78, 5) is 14.9. The van der Waals surface area contributed by atoms with Gasteiger partial charge in [-0.2, -0.15) is 12.7 Å². The molecular formula is C25H33N5O8S2. The zero-order chi connectivity index (χ0) is 29.7. The molecule has 0 aliphatic rings. The topological polar surface area (TPSA) is 191 Å². The number of imidazole rings is 1. The molecule has 5 N–H and O–H groups in total. The Labute approximate surface area is 233 Å². The van der Waals surface area contributed by atoms with Crippen molar-refractivity contribution in [3.05, 3.63) is 66.6 Å². The molecule has 2 atom stereocenters. The first-order valence-corrected chi connectivity index (χ1v) is 15.2. The minimum atomic E-state index is -4.35. The number of sulfonamides is 2. The summed E-state index contributed by atoms with van der Waals surface area (Å²) >= 11 is 0. The first-order chi connectivity index (χ1) is 18.7. The number of aromatic hydroxyl groups is 1. The monoisotopic (exact) mass is 595 g/mol. The van der Waals surface area contributed by atoms with Crippen molar-refractivity contribution in [2.24, 2.45) is 13.0 Å². The van der Waals surface area contributed by atoms with Crippen LogP contribution in [0.15, 0.2) is 71.0 Å². The molecule has 13 nitrogen and oxygen atoms in total. The zero-order valence-electron chi connectivity index (χ0n) is 22.2. The summed E-state index contributed by atoms with van der Waals surface area (Å²) in [6.45, 7) is 3.07. The number of nitrogens with one attached hydrogen (secondary N) is 2. The number of aliphatic hydroxyl groups is 1. The first kappa shape index (κ1) is 30.9. The summed E-state index contributed by atoms with van der Waals surface area (Å²) in [5.41, 5.74) is 0.355. The van der Waals surface area contributed by atoms with Gasteiger partial charge in [0, 0.05) is 26.3 Å². The highest BCUT2D eigenvalue weighted by Crippen LogP contribution is 2.30. The molecule has 0 fully saturated rings. The molecule has 15 heteroatoms. The Balaban J connectivity index is 1.91. The second kappa shape index (κ2) is 12.7. The maximum Gasteiger partial charge on any atom is 0.404 e. The average Bonchev–Trinajstić information content (AvgIpc) is 3.31. The van der Waals surface area contributed by atoms with Gasteiger partial charge in [-0.15, -0.1) is 0 Å². The van der Waals surface area contributed by atoms with Crippen molar-refractivity contribution in [3.8, 4) is 5.75 Å². The van der Waals surface area contributed by atoms with E-state index in [0.717, 1.165) is 28.1 Å². The Hall–Kier alpha value is -3.66. The van der Waals surface area contributed by atoms with Crippen molar-refractivity contribution in [2.75, 3.05) is 17.8 Å². The summed E-state index contributed by atoms with van der Waals surface area (Å²) in [5.74, 6) is -0.691. The third kappa shape index (κ3) is 7.94. The van der Waals surface area contributed by atoms with Gasteiger partial charge in [0.05, 0.1) is 29.1 Å². The number of phenols is 1. The van der Waals surface area contributed by atoms with Gasteiger partial charge in [0.1, 0.15) is 5.75 Å². The van der Waals surface area contributed by atoms with E-state index in [2.05, 4.69) is 15.0 Å². The Morgan fingerprint density at radius 1 is 1.07 bits per heavy atom. The number of aliphatic hydroxyl groups excluding tert-OH is 1. The summed E-state index contributed by atoms with van der Waals surface area (Å²) in [7, 11) is -7.02. The number of hydrogen-bond donors (Lipinski definition) is 5. The van der Waals surface area contributed by atoms with Crippen molar-refractivity contribution < 1.29 is 36.9 Å². The molecule has 0 bridgehead atoms. The van der Waals surface area contributed by atoms with Crippen molar-refractivity contribution in [3.63, 3.8) is 0 Å². The van der Waals surface area contributed by atoms with Gasteiger partial charge in [0.25, 0.3) is 10.0 Å². The number of nitrogens with zero attached hydrogens (tertiary/aromatic N) is 3. The van der Waals surface area contributed by atoms with Crippen LogP contribution in [0.25, 0.3) is 0 Å². The third-order valence-electron chi connectivity index (χ3n) is 5.84. The van der Waals surface area contributed by atoms with Gasteiger partial charge in [0.2, 0.25) is 10.0 Å². The lowest BCUT2D eigenvalue weighted by Gasteiger charge is -2.30. The largest absolute Gasteiger partial charge is 0.506 e. The van der Waals surface area contributed by atoms with Crippen LogP contribution in [0.1, 0.15) is 19.4 Å². The van der Waals surface area contributed by atoms with Gasteiger partial charge < -0.3 is 25.2 Å². The number of hydrogen-bond acceptors (Lipinski definition) is 8.